The van der Waals surface area contributed by atoms with E-state index < -0.39 is 0 Å². The van der Waals surface area contributed by atoms with Gasteiger partial charge in [-0.05, 0) is 31.9 Å². The van der Waals surface area contributed by atoms with Crippen molar-refractivity contribution in [3.05, 3.63) is 48.5 Å². The molecule has 0 aliphatic heterocycles. The Labute approximate surface area is 185 Å². The number of aromatic nitrogens is 4. The Morgan fingerprint density at radius 2 is 2.06 bits per heavy atom. The van der Waals surface area contributed by atoms with Crippen LogP contribution in [0.4, 0.5) is 5.95 Å². The average molecular weight is 423 g/mol. The molecule has 0 bridgehead atoms. The number of aliphatic imine (C=N–C) groups is 1. The van der Waals surface area contributed by atoms with Gasteiger partial charge in [-0.15, -0.1) is 0 Å². The molecule has 0 spiro atoms. The summed E-state index contributed by atoms with van der Waals surface area (Å²) in [4.78, 5) is 13.4. The number of pyridine rings is 1. The SMILES string of the molecule is C=C/C=C\C(Cn1c(NC)nc2ncc(-c3c(C)noc3C)cc21)=NC.CCC(C)C. The summed E-state index contributed by atoms with van der Waals surface area (Å²) in [5.41, 5.74) is 5.26. The first kappa shape index (κ1) is 24.1. The highest BCUT2D eigenvalue weighted by molar-refractivity contribution is 5.96. The van der Waals surface area contributed by atoms with Crippen LogP contribution in [0.25, 0.3) is 22.3 Å². The van der Waals surface area contributed by atoms with Gasteiger partial charge in [0.1, 0.15) is 5.76 Å². The van der Waals surface area contributed by atoms with Crippen molar-refractivity contribution in [2.24, 2.45) is 10.9 Å². The van der Waals surface area contributed by atoms with Gasteiger partial charge in [-0.2, -0.15) is 4.98 Å². The molecule has 0 fully saturated rings. The topological polar surface area (TPSA) is 81.1 Å². The molecule has 1 N–H and O–H groups in total. The maximum absolute atomic E-state index is 5.29. The minimum absolute atomic E-state index is 0.570. The molecule has 0 amide bonds. The Morgan fingerprint density at radius 1 is 1.35 bits per heavy atom. The molecule has 0 saturated carbocycles. The van der Waals surface area contributed by atoms with Crippen LogP contribution in [0.1, 0.15) is 38.6 Å². The number of allylic oxidation sites excluding steroid dienone is 3. The zero-order chi connectivity index (χ0) is 23.0. The van der Waals surface area contributed by atoms with Crippen LogP contribution in [-0.2, 0) is 6.54 Å². The van der Waals surface area contributed by atoms with Crippen LogP contribution in [-0.4, -0.2) is 39.5 Å². The fourth-order valence-corrected chi connectivity index (χ4v) is 2.93. The zero-order valence-corrected chi connectivity index (χ0v) is 19.7. The molecule has 7 nitrogen and oxygen atoms in total. The van der Waals surface area contributed by atoms with Gasteiger partial charge in [0.2, 0.25) is 5.95 Å². The summed E-state index contributed by atoms with van der Waals surface area (Å²) in [6.07, 6.45) is 8.64. The van der Waals surface area contributed by atoms with Gasteiger partial charge in [-0.25, -0.2) is 4.98 Å². The zero-order valence-electron chi connectivity index (χ0n) is 19.7. The molecule has 3 aromatic heterocycles. The predicted molar refractivity (Wildman–Crippen MR) is 130 cm³/mol. The van der Waals surface area contributed by atoms with Crippen molar-refractivity contribution in [1.82, 2.24) is 19.7 Å². The third kappa shape index (κ3) is 5.90. The first-order chi connectivity index (χ1) is 14.9. The highest BCUT2D eigenvalue weighted by atomic mass is 16.5. The Morgan fingerprint density at radius 3 is 2.58 bits per heavy atom. The second kappa shape index (κ2) is 11.2. The molecule has 31 heavy (non-hydrogen) atoms. The summed E-state index contributed by atoms with van der Waals surface area (Å²) in [5, 5.41) is 7.17. The smallest absolute Gasteiger partial charge is 0.205 e. The second-order valence-electron chi connectivity index (χ2n) is 7.65. The first-order valence-electron chi connectivity index (χ1n) is 10.6. The summed E-state index contributed by atoms with van der Waals surface area (Å²) in [7, 11) is 3.61. The van der Waals surface area contributed by atoms with Crippen molar-refractivity contribution in [2.45, 2.75) is 47.6 Å². The number of hydrogen-bond donors (Lipinski definition) is 1. The number of imidazole rings is 1. The quantitative estimate of drug-likeness (QED) is 0.395. The van der Waals surface area contributed by atoms with E-state index in [4.69, 9.17) is 4.52 Å². The second-order valence-corrected chi connectivity index (χ2v) is 7.65. The highest BCUT2D eigenvalue weighted by Crippen LogP contribution is 2.29. The number of fused-ring (bicyclic) bond motifs is 1. The lowest BCUT2D eigenvalue weighted by molar-refractivity contribution is 0.393. The molecule has 0 aliphatic rings. The van der Waals surface area contributed by atoms with E-state index in [0.717, 1.165) is 45.7 Å². The Balaban J connectivity index is 0.000000614. The van der Waals surface area contributed by atoms with Crippen molar-refractivity contribution in [2.75, 3.05) is 19.4 Å². The summed E-state index contributed by atoms with van der Waals surface area (Å²) < 4.78 is 7.35. The molecule has 0 saturated heterocycles. The predicted octanol–water partition coefficient (Wildman–Crippen LogP) is 5.61. The van der Waals surface area contributed by atoms with Crippen LogP contribution in [0.5, 0.6) is 0 Å². The van der Waals surface area contributed by atoms with Crippen LogP contribution in [0.2, 0.25) is 0 Å². The first-order valence-corrected chi connectivity index (χ1v) is 10.6. The number of nitrogens with one attached hydrogen (secondary N) is 1. The molecule has 0 aromatic carbocycles. The summed E-state index contributed by atoms with van der Waals surface area (Å²) in [5.74, 6) is 2.39. The highest BCUT2D eigenvalue weighted by Gasteiger charge is 2.16. The van der Waals surface area contributed by atoms with E-state index in [0.29, 0.717) is 12.2 Å². The van der Waals surface area contributed by atoms with Crippen LogP contribution >= 0.6 is 0 Å². The molecule has 0 atom stereocenters. The van der Waals surface area contributed by atoms with Crippen LogP contribution in [0.15, 0.2) is 46.6 Å². The van der Waals surface area contributed by atoms with Crippen molar-refractivity contribution < 1.29 is 4.52 Å². The largest absolute Gasteiger partial charge is 0.361 e. The number of aryl methyl sites for hydroxylation is 2. The third-order valence-electron chi connectivity index (χ3n) is 5.00. The third-order valence-corrected chi connectivity index (χ3v) is 5.00. The monoisotopic (exact) mass is 422 g/mol. The lowest BCUT2D eigenvalue weighted by Crippen LogP contribution is -2.11. The molecule has 7 heteroatoms. The molecule has 3 aromatic rings. The molecule has 0 aliphatic carbocycles. The summed E-state index contributed by atoms with van der Waals surface area (Å²) >= 11 is 0. The van der Waals surface area contributed by atoms with Crippen LogP contribution in [0.3, 0.4) is 0 Å². The fourth-order valence-electron chi connectivity index (χ4n) is 2.93. The summed E-state index contributed by atoms with van der Waals surface area (Å²) in [6.45, 7) is 14.7. The van der Waals surface area contributed by atoms with E-state index in [2.05, 4.69) is 63.4 Å². The average Bonchev–Trinajstić information content (AvgIpc) is 3.29. The van der Waals surface area contributed by atoms with Gasteiger partial charge in [0, 0.05) is 31.4 Å². The Bertz CT molecular complexity index is 1050. The van der Waals surface area contributed by atoms with Crippen LogP contribution in [0, 0.1) is 19.8 Å². The molecular weight excluding hydrogens is 388 g/mol. The van der Waals surface area contributed by atoms with E-state index in [9.17, 15) is 0 Å². The molecule has 3 rings (SSSR count). The number of nitrogens with zero attached hydrogens (tertiary/aromatic N) is 5. The lowest BCUT2D eigenvalue weighted by Gasteiger charge is -2.09. The minimum atomic E-state index is 0.570. The van der Waals surface area contributed by atoms with Gasteiger partial charge in [0.05, 0.1) is 23.5 Å². The molecular formula is C24H34N6O. The number of anilines is 1. The van der Waals surface area contributed by atoms with Crippen molar-refractivity contribution in [1.29, 1.82) is 0 Å². The Kier molecular flexibility index (Phi) is 8.73. The van der Waals surface area contributed by atoms with Crippen LogP contribution < -0.4 is 5.32 Å². The fraction of sp³-hybridized carbons (Fsp3) is 0.417. The van der Waals surface area contributed by atoms with E-state index >= 15 is 0 Å². The minimum Gasteiger partial charge on any atom is -0.361 e. The number of rotatable bonds is 7. The Hall–Kier alpha value is -3.22. The van der Waals surface area contributed by atoms with Gasteiger partial charge in [0.15, 0.2) is 5.65 Å². The molecule has 0 unspecified atom stereocenters. The number of hydrogen-bond acceptors (Lipinski definition) is 6. The van der Waals surface area contributed by atoms with Crippen molar-refractivity contribution >= 4 is 22.8 Å². The van der Waals surface area contributed by atoms with Gasteiger partial charge >= 0.3 is 0 Å². The normalized spacial score (nSPS) is 11.8. The summed E-state index contributed by atoms with van der Waals surface area (Å²) in [6, 6.07) is 2.06. The molecule has 0 radical (unpaired) electrons. The van der Waals surface area contributed by atoms with Crippen molar-refractivity contribution in [3.63, 3.8) is 0 Å². The van der Waals surface area contributed by atoms with E-state index in [-0.39, 0.29) is 0 Å². The van der Waals surface area contributed by atoms with Gasteiger partial charge in [0.25, 0.3) is 0 Å². The molecule has 3 heterocycles. The maximum atomic E-state index is 5.29. The molecule has 166 valence electrons. The van der Waals surface area contributed by atoms with E-state index in [1.807, 2.05) is 33.0 Å². The van der Waals surface area contributed by atoms with Gasteiger partial charge in [-0.1, -0.05) is 51.1 Å². The lowest BCUT2D eigenvalue weighted by atomic mass is 10.1. The van der Waals surface area contributed by atoms with Gasteiger partial charge in [-0.3, -0.25) is 4.99 Å². The van der Waals surface area contributed by atoms with Crippen molar-refractivity contribution in [3.8, 4) is 11.1 Å². The standard InChI is InChI=1S/C19H22N6O.C5H12/c1-6-7-8-15(20-4)11-25-16-9-14(17-12(2)24-26-13(17)3)10-22-18(16)23-19(25)21-5;1-4-5(2)3/h6-10H,1,11H2,2-5H3,(H,21,22,23);5H,4H2,1-3H3/b8-7-,20-15?;. The van der Waals surface area contributed by atoms with E-state index in [1.54, 1.807) is 19.3 Å². The van der Waals surface area contributed by atoms with E-state index in [1.165, 1.54) is 6.42 Å². The van der Waals surface area contributed by atoms with Gasteiger partial charge < -0.3 is 14.4 Å². The maximum Gasteiger partial charge on any atom is 0.205 e.